The van der Waals surface area contributed by atoms with Crippen molar-refractivity contribution in [1.29, 1.82) is 0 Å². The number of hydrogen-bond acceptors (Lipinski definition) is 2. The first-order chi connectivity index (χ1) is 9.00. The molecule has 1 unspecified atom stereocenters. The van der Waals surface area contributed by atoms with E-state index in [0.717, 1.165) is 16.4 Å². The summed E-state index contributed by atoms with van der Waals surface area (Å²) in [6, 6.07) is 4.28. The fourth-order valence-corrected chi connectivity index (χ4v) is 2.86. The summed E-state index contributed by atoms with van der Waals surface area (Å²) in [5, 5.41) is 9.78. The molecule has 1 aliphatic rings. The van der Waals surface area contributed by atoms with E-state index in [9.17, 15) is 14.7 Å². The average molecular weight is 394 g/mol. The van der Waals surface area contributed by atoms with Crippen LogP contribution in [0.15, 0.2) is 18.2 Å². The molecule has 4 nitrogen and oxygen atoms in total. The third kappa shape index (κ3) is 3.20. The molecule has 1 aliphatic heterocycles. The Kier molecular flexibility index (Phi) is 4.67. The fourth-order valence-electron chi connectivity index (χ4n) is 2.23. The minimum Gasteiger partial charge on any atom is -0.480 e. The second kappa shape index (κ2) is 6.09. The van der Waals surface area contributed by atoms with Crippen molar-refractivity contribution in [3.05, 3.63) is 32.4 Å². The lowest BCUT2D eigenvalue weighted by Crippen LogP contribution is -2.48. The van der Waals surface area contributed by atoms with Crippen LogP contribution in [-0.4, -0.2) is 34.5 Å². The van der Waals surface area contributed by atoms with Crippen LogP contribution < -0.4 is 0 Å². The number of halogens is 2. The molecule has 0 aromatic heterocycles. The van der Waals surface area contributed by atoms with E-state index in [4.69, 9.17) is 11.6 Å². The maximum absolute atomic E-state index is 12.4. The molecule has 0 spiro atoms. The third-order valence-electron chi connectivity index (χ3n) is 3.22. The number of likely N-dealkylation sites (tertiary alicyclic amines) is 1. The van der Waals surface area contributed by atoms with Crippen LogP contribution >= 0.6 is 34.2 Å². The molecule has 1 fully saturated rings. The monoisotopic (exact) mass is 393 g/mol. The zero-order valence-corrected chi connectivity index (χ0v) is 13.0. The quantitative estimate of drug-likeness (QED) is 0.786. The standard InChI is InChI=1S/C13H13ClINO3/c14-9-5-4-8(7-10(9)15)12(17)16-6-2-1-3-11(16)13(18)19/h4-5,7,11H,1-3,6H2,(H,18,19). The number of carboxylic acid groups (broad SMARTS) is 1. The van der Waals surface area contributed by atoms with Gasteiger partial charge in [-0.3, -0.25) is 4.79 Å². The molecular weight excluding hydrogens is 381 g/mol. The molecule has 19 heavy (non-hydrogen) atoms. The highest BCUT2D eigenvalue weighted by Gasteiger charge is 2.32. The number of aliphatic carboxylic acids is 1. The lowest BCUT2D eigenvalue weighted by Gasteiger charge is -2.33. The van der Waals surface area contributed by atoms with Gasteiger partial charge >= 0.3 is 5.97 Å². The van der Waals surface area contributed by atoms with Crippen molar-refractivity contribution < 1.29 is 14.7 Å². The Morgan fingerprint density at radius 3 is 2.74 bits per heavy atom. The van der Waals surface area contributed by atoms with Gasteiger partial charge in [0.15, 0.2) is 0 Å². The molecule has 2 rings (SSSR count). The van der Waals surface area contributed by atoms with Gasteiger partial charge in [0, 0.05) is 15.7 Å². The van der Waals surface area contributed by atoms with Gasteiger partial charge in [-0.25, -0.2) is 4.79 Å². The lowest BCUT2D eigenvalue weighted by atomic mass is 10.0. The number of carbonyl (C=O) groups excluding carboxylic acids is 1. The highest BCUT2D eigenvalue weighted by atomic mass is 127. The second-order valence-electron chi connectivity index (χ2n) is 4.48. The number of amides is 1. The Hall–Kier alpha value is -0.820. The fraction of sp³-hybridized carbons (Fsp3) is 0.385. The van der Waals surface area contributed by atoms with E-state index in [2.05, 4.69) is 22.6 Å². The van der Waals surface area contributed by atoms with Crippen molar-refractivity contribution in [2.24, 2.45) is 0 Å². The number of nitrogens with zero attached hydrogens (tertiary/aromatic N) is 1. The van der Waals surface area contributed by atoms with E-state index in [0.29, 0.717) is 23.6 Å². The number of hydrogen-bond donors (Lipinski definition) is 1. The first-order valence-electron chi connectivity index (χ1n) is 5.99. The van der Waals surface area contributed by atoms with Crippen LogP contribution in [0.5, 0.6) is 0 Å². The zero-order chi connectivity index (χ0) is 14.0. The Balaban J connectivity index is 2.26. The maximum Gasteiger partial charge on any atom is 0.326 e. The van der Waals surface area contributed by atoms with Crippen molar-refractivity contribution in [2.45, 2.75) is 25.3 Å². The van der Waals surface area contributed by atoms with Crippen LogP contribution in [0, 0.1) is 3.57 Å². The summed E-state index contributed by atoms with van der Waals surface area (Å²) >= 11 is 7.98. The Labute approximate surface area is 129 Å². The first kappa shape index (κ1) is 14.6. The number of benzene rings is 1. The Bertz CT molecular complexity index is 521. The molecule has 1 N–H and O–H groups in total. The van der Waals surface area contributed by atoms with Crippen molar-refractivity contribution >= 4 is 46.1 Å². The van der Waals surface area contributed by atoms with Gasteiger partial charge in [0.2, 0.25) is 0 Å². The molecule has 1 aromatic rings. The van der Waals surface area contributed by atoms with E-state index in [-0.39, 0.29) is 5.91 Å². The van der Waals surface area contributed by atoms with Crippen LogP contribution in [0.2, 0.25) is 5.02 Å². The molecular formula is C13H13ClINO3. The zero-order valence-electron chi connectivity index (χ0n) is 10.1. The lowest BCUT2D eigenvalue weighted by molar-refractivity contribution is -0.143. The van der Waals surface area contributed by atoms with Gasteiger partial charge in [-0.05, 0) is 60.1 Å². The largest absolute Gasteiger partial charge is 0.480 e. The molecule has 1 atom stereocenters. The molecule has 0 radical (unpaired) electrons. The highest BCUT2D eigenvalue weighted by Crippen LogP contribution is 2.23. The van der Waals surface area contributed by atoms with Crippen molar-refractivity contribution in [3.63, 3.8) is 0 Å². The number of carboxylic acids is 1. The van der Waals surface area contributed by atoms with Gasteiger partial charge in [-0.2, -0.15) is 0 Å². The van der Waals surface area contributed by atoms with Crippen LogP contribution in [0.25, 0.3) is 0 Å². The third-order valence-corrected chi connectivity index (χ3v) is 4.76. The molecule has 1 heterocycles. The predicted octanol–water partition coefficient (Wildman–Crippen LogP) is 3.02. The minimum atomic E-state index is -0.934. The second-order valence-corrected chi connectivity index (χ2v) is 6.05. The summed E-state index contributed by atoms with van der Waals surface area (Å²) in [7, 11) is 0. The summed E-state index contributed by atoms with van der Waals surface area (Å²) in [5.74, 6) is -1.17. The van der Waals surface area contributed by atoms with Crippen LogP contribution in [0.4, 0.5) is 0 Å². The van der Waals surface area contributed by atoms with Crippen LogP contribution in [-0.2, 0) is 4.79 Å². The summed E-state index contributed by atoms with van der Waals surface area (Å²) in [6.07, 6.45) is 2.21. The molecule has 1 aromatic carbocycles. The highest BCUT2D eigenvalue weighted by molar-refractivity contribution is 14.1. The summed E-state index contributed by atoms with van der Waals surface area (Å²) in [6.45, 7) is 0.495. The topological polar surface area (TPSA) is 57.6 Å². The van der Waals surface area contributed by atoms with E-state index in [1.807, 2.05) is 0 Å². The van der Waals surface area contributed by atoms with Gasteiger partial charge in [0.05, 0.1) is 5.02 Å². The Morgan fingerprint density at radius 2 is 2.11 bits per heavy atom. The molecule has 0 bridgehead atoms. The number of rotatable bonds is 2. The molecule has 1 saturated heterocycles. The predicted molar refractivity (Wildman–Crippen MR) is 80.5 cm³/mol. The van der Waals surface area contributed by atoms with Crippen LogP contribution in [0.3, 0.4) is 0 Å². The van der Waals surface area contributed by atoms with Gasteiger partial charge in [-0.15, -0.1) is 0 Å². The Morgan fingerprint density at radius 1 is 1.37 bits per heavy atom. The number of piperidine rings is 1. The molecule has 0 saturated carbocycles. The minimum absolute atomic E-state index is 0.235. The molecule has 0 aliphatic carbocycles. The van der Waals surface area contributed by atoms with Gasteiger partial charge in [0.25, 0.3) is 5.91 Å². The van der Waals surface area contributed by atoms with E-state index in [1.165, 1.54) is 4.90 Å². The van der Waals surface area contributed by atoms with E-state index >= 15 is 0 Å². The first-order valence-corrected chi connectivity index (χ1v) is 7.45. The SMILES string of the molecule is O=C(O)C1CCCCN1C(=O)c1ccc(Cl)c(I)c1. The van der Waals surface area contributed by atoms with Gasteiger partial charge in [-0.1, -0.05) is 11.6 Å². The van der Waals surface area contributed by atoms with Gasteiger partial charge in [0.1, 0.15) is 6.04 Å². The average Bonchev–Trinajstić information content (AvgIpc) is 2.41. The maximum atomic E-state index is 12.4. The van der Waals surface area contributed by atoms with Gasteiger partial charge < -0.3 is 10.0 Å². The van der Waals surface area contributed by atoms with Crippen molar-refractivity contribution in [2.75, 3.05) is 6.54 Å². The van der Waals surface area contributed by atoms with Crippen molar-refractivity contribution in [3.8, 4) is 0 Å². The summed E-state index contributed by atoms with van der Waals surface area (Å²) < 4.78 is 0.786. The molecule has 1 amide bonds. The molecule has 102 valence electrons. The van der Waals surface area contributed by atoms with Crippen molar-refractivity contribution in [1.82, 2.24) is 4.90 Å². The summed E-state index contributed by atoms with van der Waals surface area (Å²) in [4.78, 5) is 25.0. The molecule has 6 heteroatoms. The van der Waals surface area contributed by atoms with E-state index in [1.54, 1.807) is 18.2 Å². The van der Waals surface area contributed by atoms with Crippen LogP contribution in [0.1, 0.15) is 29.6 Å². The normalized spacial score (nSPS) is 19.3. The summed E-state index contributed by atoms with van der Waals surface area (Å²) in [5.41, 5.74) is 0.488. The smallest absolute Gasteiger partial charge is 0.326 e. The number of carbonyl (C=O) groups is 2. The van der Waals surface area contributed by atoms with E-state index < -0.39 is 12.0 Å².